The molecule has 0 spiro atoms. The summed E-state index contributed by atoms with van der Waals surface area (Å²) in [5, 5.41) is 2.94. The van der Waals surface area contributed by atoms with Crippen molar-refractivity contribution in [2.75, 3.05) is 33.7 Å². The van der Waals surface area contributed by atoms with Gasteiger partial charge in [0.1, 0.15) is 6.54 Å². The number of fused-ring (bicyclic) bond motifs is 1. The molecule has 1 aliphatic rings. The SMILES string of the molecule is CNCCN(C)C(=O)CN1C(=O)c2ccc(Br)cc2C1=O. The Bertz CT molecular complexity index is 603. The van der Waals surface area contributed by atoms with Gasteiger partial charge in [0, 0.05) is 24.6 Å². The Hall–Kier alpha value is -1.73. The summed E-state index contributed by atoms with van der Waals surface area (Å²) in [5.74, 6) is -1.11. The van der Waals surface area contributed by atoms with Gasteiger partial charge in [0.05, 0.1) is 11.1 Å². The molecule has 7 heteroatoms. The Morgan fingerprint density at radius 2 is 1.95 bits per heavy atom. The van der Waals surface area contributed by atoms with E-state index < -0.39 is 11.8 Å². The fourth-order valence-corrected chi connectivity index (χ4v) is 2.43. The molecule has 6 nitrogen and oxygen atoms in total. The third-order valence-corrected chi connectivity index (χ3v) is 3.84. The normalized spacial score (nSPS) is 13.6. The van der Waals surface area contributed by atoms with Gasteiger partial charge in [-0.05, 0) is 25.2 Å². The van der Waals surface area contributed by atoms with Gasteiger partial charge in [-0.25, -0.2) is 0 Å². The summed E-state index contributed by atoms with van der Waals surface area (Å²) in [6, 6.07) is 4.90. The van der Waals surface area contributed by atoms with Crippen LogP contribution in [0.15, 0.2) is 22.7 Å². The zero-order valence-electron chi connectivity index (χ0n) is 11.9. The standard InChI is InChI=1S/C14H16BrN3O3/c1-16-5-6-17(2)12(19)8-18-13(20)10-4-3-9(15)7-11(10)14(18)21/h3-4,7,16H,5-6,8H2,1-2H3. The van der Waals surface area contributed by atoms with Crippen LogP contribution in [0.2, 0.25) is 0 Å². The Kier molecular flexibility index (Phi) is 4.74. The summed E-state index contributed by atoms with van der Waals surface area (Å²) < 4.78 is 0.724. The number of benzene rings is 1. The van der Waals surface area contributed by atoms with Gasteiger partial charge in [-0.3, -0.25) is 19.3 Å². The molecule has 0 bridgehead atoms. The molecule has 0 saturated carbocycles. The van der Waals surface area contributed by atoms with Crippen molar-refractivity contribution in [2.45, 2.75) is 0 Å². The fourth-order valence-electron chi connectivity index (χ4n) is 2.07. The third kappa shape index (κ3) is 3.14. The molecule has 2 rings (SSSR count). The molecule has 3 amide bonds. The highest BCUT2D eigenvalue weighted by Gasteiger charge is 2.37. The van der Waals surface area contributed by atoms with Crippen LogP contribution in [0.5, 0.6) is 0 Å². The summed E-state index contributed by atoms with van der Waals surface area (Å²) in [5.41, 5.74) is 0.675. The first kappa shape index (κ1) is 15.7. The molecule has 0 unspecified atom stereocenters. The molecule has 0 saturated heterocycles. The monoisotopic (exact) mass is 353 g/mol. The minimum atomic E-state index is -0.424. The zero-order valence-corrected chi connectivity index (χ0v) is 13.4. The second-order valence-electron chi connectivity index (χ2n) is 4.81. The molecule has 0 atom stereocenters. The zero-order chi connectivity index (χ0) is 15.6. The quantitative estimate of drug-likeness (QED) is 0.792. The van der Waals surface area contributed by atoms with Crippen LogP contribution in [0, 0.1) is 0 Å². The third-order valence-electron chi connectivity index (χ3n) is 3.35. The van der Waals surface area contributed by atoms with Crippen molar-refractivity contribution in [2.24, 2.45) is 0 Å². The maximum atomic E-state index is 12.2. The van der Waals surface area contributed by atoms with Crippen molar-refractivity contribution in [1.29, 1.82) is 0 Å². The van der Waals surface area contributed by atoms with Crippen molar-refractivity contribution in [3.05, 3.63) is 33.8 Å². The van der Waals surface area contributed by atoms with E-state index in [1.807, 2.05) is 0 Å². The van der Waals surface area contributed by atoms with Gasteiger partial charge < -0.3 is 10.2 Å². The second kappa shape index (κ2) is 6.36. The second-order valence-corrected chi connectivity index (χ2v) is 5.72. The molecule has 0 radical (unpaired) electrons. The molecule has 0 aromatic heterocycles. The minimum Gasteiger partial charge on any atom is -0.343 e. The number of imide groups is 1. The molecular weight excluding hydrogens is 338 g/mol. The Labute approximate surface area is 131 Å². The molecule has 0 aliphatic carbocycles. The Morgan fingerprint density at radius 1 is 1.29 bits per heavy atom. The number of carbonyl (C=O) groups is 3. The van der Waals surface area contributed by atoms with Crippen molar-refractivity contribution >= 4 is 33.7 Å². The van der Waals surface area contributed by atoms with E-state index in [-0.39, 0.29) is 12.5 Å². The first-order valence-electron chi connectivity index (χ1n) is 6.50. The molecule has 1 aromatic carbocycles. The minimum absolute atomic E-state index is 0.232. The summed E-state index contributed by atoms with van der Waals surface area (Å²) in [6.45, 7) is 0.936. The van der Waals surface area contributed by atoms with Crippen LogP contribution < -0.4 is 5.32 Å². The number of nitrogens with one attached hydrogen (secondary N) is 1. The van der Waals surface area contributed by atoms with E-state index in [0.717, 1.165) is 9.37 Å². The van der Waals surface area contributed by atoms with E-state index in [4.69, 9.17) is 0 Å². The smallest absolute Gasteiger partial charge is 0.262 e. The van der Waals surface area contributed by atoms with Crippen LogP contribution in [0.4, 0.5) is 0 Å². The molecule has 21 heavy (non-hydrogen) atoms. The van der Waals surface area contributed by atoms with Gasteiger partial charge in [-0.15, -0.1) is 0 Å². The maximum Gasteiger partial charge on any atom is 0.262 e. The lowest BCUT2D eigenvalue weighted by Gasteiger charge is -2.20. The Morgan fingerprint density at radius 3 is 2.62 bits per heavy atom. The van der Waals surface area contributed by atoms with Gasteiger partial charge in [0.2, 0.25) is 5.91 Å². The first-order valence-corrected chi connectivity index (χ1v) is 7.29. The summed E-state index contributed by atoms with van der Waals surface area (Å²) in [4.78, 5) is 39.0. The van der Waals surface area contributed by atoms with E-state index in [9.17, 15) is 14.4 Å². The number of likely N-dealkylation sites (N-methyl/N-ethyl adjacent to an activating group) is 2. The predicted molar refractivity (Wildman–Crippen MR) is 81.1 cm³/mol. The van der Waals surface area contributed by atoms with Crippen molar-refractivity contribution in [1.82, 2.24) is 15.1 Å². The van der Waals surface area contributed by atoms with Crippen molar-refractivity contribution < 1.29 is 14.4 Å². The van der Waals surface area contributed by atoms with E-state index in [2.05, 4.69) is 21.2 Å². The van der Waals surface area contributed by atoms with Crippen LogP contribution in [0.3, 0.4) is 0 Å². The number of halogens is 1. The van der Waals surface area contributed by atoms with E-state index >= 15 is 0 Å². The van der Waals surface area contributed by atoms with E-state index in [1.165, 1.54) is 4.90 Å². The van der Waals surface area contributed by atoms with Crippen LogP contribution in [-0.4, -0.2) is 61.3 Å². The molecule has 1 N–H and O–H groups in total. The molecule has 1 heterocycles. The van der Waals surface area contributed by atoms with Gasteiger partial charge in [-0.1, -0.05) is 15.9 Å². The predicted octanol–water partition coefficient (Wildman–Crippen LogP) is 0.723. The van der Waals surface area contributed by atoms with Gasteiger partial charge in [0.25, 0.3) is 11.8 Å². The number of hydrogen-bond acceptors (Lipinski definition) is 4. The molecular formula is C14H16BrN3O3. The fraction of sp³-hybridized carbons (Fsp3) is 0.357. The van der Waals surface area contributed by atoms with E-state index in [0.29, 0.717) is 24.2 Å². The summed E-state index contributed by atoms with van der Waals surface area (Å²) >= 11 is 3.27. The number of rotatable bonds is 5. The van der Waals surface area contributed by atoms with Gasteiger partial charge in [-0.2, -0.15) is 0 Å². The number of carbonyl (C=O) groups excluding carboxylic acids is 3. The largest absolute Gasteiger partial charge is 0.343 e. The average Bonchev–Trinajstić information content (AvgIpc) is 2.69. The van der Waals surface area contributed by atoms with Crippen LogP contribution in [0.1, 0.15) is 20.7 Å². The lowest BCUT2D eigenvalue weighted by atomic mass is 10.1. The van der Waals surface area contributed by atoms with Crippen LogP contribution in [0.25, 0.3) is 0 Å². The summed E-state index contributed by atoms with van der Waals surface area (Å²) in [6.07, 6.45) is 0. The maximum absolute atomic E-state index is 12.2. The lowest BCUT2D eigenvalue weighted by molar-refractivity contribution is -0.130. The molecule has 1 aliphatic heterocycles. The highest BCUT2D eigenvalue weighted by molar-refractivity contribution is 9.10. The van der Waals surface area contributed by atoms with Crippen LogP contribution >= 0.6 is 15.9 Å². The molecule has 112 valence electrons. The number of hydrogen-bond donors (Lipinski definition) is 1. The van der Waals surface area contributed by atoms with Gasteiger partial charge in [0.15, 0.2) is 0 Å². The topological polar surface area (TPSA) is 69.7 Å². The molecule has 0 fully saturated rings. The number of amides is 3. The van der Waals surface area contributed by atoms with Gasteiger partial charge >= 0.3 is 0 Å². The first-order chi connectivity index (χ1) is 9.95. The number of nitrogens with zero attached hydrogens (tertiary/aromatic N) is 2. The lowest BCUT2D eigenvalue weighted by Crippen LogP contribution is -2.42. The van der Waals surface area contributed by atoms with Crippen molar-refractivity contribution in [3.8, 4) is 0 Å². The van der Waals surface area contributed by atoms with Crippen molar-refractivity contribution in [3.63, 3.8) is 0 Å². The Balaban J connectivity index is 2.11. The van der Waals surface area contributed by atoms with E-state index in [1.54, 1.807) is 32.3 Å². The highest BCUT2D eigenvalue weighted by atomic mass is 79.9. The average molecular weight is 354 g/mol. The molecule has 1 aromatic rings. The van der Waals surface area contributed by atoms with Crippen LogP contribution in [-0.2, 0) is 4.79 Å². The summed E-state index contributed by atoms with van der Waals surface area (Å²) in [7, 11) is 3.44. The highest BCUT2D eigenvalue weighted by Crippen LogP contribution is 2.25.